The van der Waals surface area contributed by atoms with Gasteiger partial charge in [-0.2, -0.15) is 13.2 Å². The third-order valence-corrected chi connectivity index (χ3v) is 6.13. The summed E-state index contributed by atoms with van der Waals surface area (Å²) in [5.41, 5.74) is 0.291. The van der Waals surface area contributed by atoms with Gasteiger partial charge in [-0.05, 0) is 43.7 Å². The lowest BCUT2D eigenvalue weighted by Crippen LogP contribution is -2.44. The number of halogens is 3. The van der Waals surface area contributed by atoms with Crippen molar-refractivity contribution in [3.05, 3.63) is 30.1 Å². The number of hydrogen-bond donors (Lipinski definition) is 2. The number of carbonyl (C=O) groups is 3. The maximum absolute atomic E-state index is 12.9. The Labute approximate surface area is 183 Å². The molecule has 0 aromatic carbocycles. The Hall–Kier alpha value is -2.69. The predicted octanol–water partition coefficient (Wildman–Crippen LogP) is 2.11. The zero-order valence-electron chi connectivity index (χ0n) is 17.4. The Morgan fingerprint density at radius 3 is 2.41 bits per heavy atom. The molecule has 3 fully saturated rings. The average Bonchev–Trinajstić information content (AvgIpc) is 3.53. The summed E-state index contributed by atoms with van der Waals surface area (Å²) in [6.07, 6.45) is 0.650. The van der Waals surface area contributed by atoms with Gasteiger partial charge in [-0.3, -0.25) is 14.6 Å². The van der Waals surface area contributed by atoms with Gasteiger partial charge in [0.25, 0.3) is 5.91 Å². The fourth-order valence-electron chi connectivity index (χ4n) is 4.11. The summed E-state index contributed by atoms with van der Waals surface area (Å²) in [7, 11) is 0. The third kappa shape index (κ3) is 5.96. The number of hydrogen-bond acceptors (Lipinski definition) is 5. The first-order valence-electron chi connectivity index (χ1n) is 10.5. The highest BCUT2D eigenvalue weighted by Crippen LogP contribution is 2.44. The van der Waals surface area contributed by atoms with Gasteiger partial charge in [-0.1, -0.05) is 6.07 Å². The minimum Gasteiger partial charge on any atom is -0.475 e. The van der Waals surface area contributed by atoms with Crippen LogP contribution in [0, 0.1) is 17.3 Å². The van der Waals surface area contributed by atoms with Crippen LogP contribution in [0.15, 0.2) is 24.4 Å². The quantitative estimate of drug-likeness (QED) is 0.717. The van der Waals surface area contributed by atoms with Crippen LogP contribution in [0.4, 0.5) is 13.2 Å². The van der Waals surface area contributed by atoms with E-state index in [0.717, 1.165) is 19.4 Å². The molecule has 1 aliphatic carbocycles. The number of nitrogens with zero attached hydrogens (tertiary/aromatic N) is 2. The lowest BCUT2D eigenvalue weighted by molar-refractivity contribution is -0.192. The molecule has 3 heterocycles. The summed E-state index contributed by atoms with van der Waals surface area (Å²) in [4.78, 5) is 40.6. The fourth-order valence-corrected chi connectivity index (χ4v) is 4.11. The van der Waals surface area contributed by atoms with Gasteiger partial charge < -0.3 is 20.1 Å². The molecule has 1 atom stereocenters. The number of likely N-dealkylation sites (tertiary alicyclic amines) is 1. The Kier molecular flexibility index (Phi) is 7.37. The molecule has 1 aromatic rings. The van der Waals surface area contributed by atoms with E-state index in [-0.39, 0.29) is 23.1 Å². The summed E-state index contributed by atoms with van der Waals surface area (Å²) in [6, 6.07) is 5.36. The van der Waals surface area contributed by atoms with Crippen LogP contribution >= 0.6 is 0 Å². The van der Waals surface area contributed by atoms with Crippen LogP contribution in [0.2, 0.25) is 0 Å². The van der Waals surface area contributed by atoms with Crippen molar-refractivity contribution in [2.75, 3.05) is 32.8 Å². The molecule has 2 saturated heterocycles. The van der Waals surface area contributed by atoms with Crippen LogP contribution in [-0.4, -0.2) is 71.8 Å². The number of amides is 2. The monoisotopic (exact) mass is 457 g/mol. The zero-order valence-corrected chi connectivity index (χ0v) is 17.4. The first-order valence-corrected chi connectivity index (χ1v) is 10.5. The molecule has 8 nitrogen and oxygen atoms in total. The van der Waals surface area contributed by atoms with E-state index in [0.29, 0.717) is 37.9 Å². The van der Waals surface area contributed by atoms with Crippen LogP contribution in [0.1, 0.15) is 36.2 Å². The third-order valence-electron chi connectivity index (χ3n) is 6.13. The molecule has 1 saturated carbocycles. The molecule has 2 amide bonds. The highest BCUT2D eigenvalue weighted by Gasteiger charge is 2.52. The van der Waals surface area contributed by atoms with Crippen molar-refractivity contribution in [3.8, 4) is 0 Å². The normalized spacial score (nSPS) is 22.1. The molecule has 1 aromatic heterocycles. The molecule has 1 spiro atoms. The average molecular weight is 457 g/mol. The van der Waals surface area contributed by atoms with E-state index in [4.69, 9.17) is 14.6 Å². The summed E-state index contributed by atoms with van der Waals surface area (Å²) in [5.74, 6) is -2.23. The number of carbonyl (C=O) groups excluding carboxylic acids is 2. The van der Waals surface area contributed by atoms with E-state index in [1.54, 1.807) is 18.3 Å². The molecule has 32 heavy (non-hydrogen) atoms. The summed E-state index contributed by atoms with van der Waals surface area (Å²) in [6.45, 7) is 3.20. The molecule has 1 unspecified atom stereocenters. The van der Waals surface area contributed by atoms with E-state index in [2.05, 4.69) is 10.3 Å². The summed E-state index contributed by atoms with van der Waals surface area (Å²) < 4.78 is 37.3. The van der Waals surface area contributed by atoms with Crippen LogP contribution in [-0.2, 0) is 14.3 Å². The first-order chi connectivity index (χ1) is 15.1. The van der Waals surface area contributed by atoms with Gasteiger partial charge in [0.2, 0.25) is 5.91 Å². The van der Waals surface area contributed by atoms with Crippen LogP contribution in [0.25, 0.3) is 0 Å². The van der Waals surface area contributed by atoms with E-state index in [9.17, 15) is 22.8 Å². The van der Waals surface area contributed by atoms with Crippen molar-refractivity contribution in [3.63, 3.8) is 0 Å². The molecule has 3 aliphatic rings. The number of ether oxygens (including phenoxy) is 1. The number of alkyl halides is 3. The lowest BCUT2D eigenvalue weighted by Gasteiger charge is -2.37. The van der Waals surface area contributed by atoms with Crippen molar-refractivity contribution in [2.24, 2.45) is 17.3 Å². The molecule has 4 rings (SSSR count). The van der Waals surface area contributed by atoms with E-state index < -0.39 is 12.1 Å². The SMILES string of the molecule is O=C(NCC1CC1)C1CN(C(=O)c2ccccn2)CC12CCOCC2.O=C(O)C(F)(F)F. The second-order valence-electron chi connectivity index (χ2n) is 8.42. The molecule has 0 radical (unpaired) electrons. The Morgan fingerprint density at radius 2 is 1.88 bits per heavy atom. The fraction of sp³-hybridized carbons (Fsp3) is 0.619. The Balaban J connectivity index is 0.000000360. The number of pyridine rings is 1. The Bertz CT molecular complexity index is 824. The number of aliphatic carboxylic acids is 1. The smallest absolute Gasteiger partial charge is 0.475 e. The van der Waals surface area contributed by atoms with Crippen LogP contribution in [0.5, 0.6) is 0 Å². The van der Waals surface area contributed by atoms with Crippen LogP contribution in [0.3, 0.4) is 0 Å². The predicted molar refractivity (Wildman–Crippen MR) is 106 cm³/mol. The molecule has 176 valence electrons. The van der Waals surface area contributed by atoms with E-state index >= 15 is 0 Å². The van der Waals surface area contributed by atoms with Gasteiger partial charge in [-0.25, -0.2) is 4.79 Å². The number of carboxylic acids is 1. The molecular formula is C21H26F3N3O5. The van der Waals surface area contributed by atoms with Gasteiger partial charge in [0.15, 0.2) is 0 Å². The van der Waals surface area contributed by atoms with Crippen molar-refractivity contribution < 1.29 is 37.4 Å². The minimum absolute atomic E-state index is 0.0797. The van der Waals surface area contributed by atoms with Crippen molar-refractivity contribution in [1.82, 2.24) is 15.2 Å². The highest BCUT2D eigenvalue weighted by molar-refractivity contribution is 5.93. The second-order valence-corrected chi connectivity index (χ2v) is 8.42. The Morgan fingerprint density at radius 1 is 1.22 bits per heavy atom. The molecule has 11 heteroatoms. The maximum atomic E-state index is 12.9. The standard InChI is InChI=1S/C19H25N3O3.C2HF3O2/c23-17(21-11-14-4-5-14)15-12-22(13-19(15)6-9-25-10-7-19)18(24)16-3-1-2-8-20-16;3-2(4,5)1(6)7/h1-3,8,14-15H,4-7,9-13H2,(H,21,23);(H,6,7). The molecule has 2 aliphatic heterocycles. The van der Waals surface area contributed by atoms with Crippen molar-refractivity contribution in [2.45, 2.75) is 31.9 Å². The van der Waals surface area contributed by atoms with Gasteiger partial charge in [0.1, 0.15) is 5.69 Å². The molecule has 2 N–H and O–H groups in total. The largest absolute Gasteiger partial charge is 0.490 e. The first kappa shape index (κ1) is 24.0. The van der Waals surface area contributed by atoms with Gasteiger partial charge in [0, 0.05) is 44.5 Å². The maximum Gasteiger partial charge on any atom is 0.490 e. The van der Waals surface area contributed by atoms with Gasteiger partial charge in [0.05, 0.1) is 5.92 Å². The summed E-state index contributed by atoms with van der Waals surface area (Å²) >= 11 is 0. The van der Waals surface area contributed by atoms with Gasteiger partial charge in [-0.15, -0.1) is 0 Å². The number of rotatable bonds is 4. The highest BCUT2D eigenvalue weighted by atomic mass is 19.4. The zero-order chi connectivity index (χ0) is 23.4. The summed E-state index contributed by atoms with van der Waals surface area (Å²) in [5, 5.41) is 10.2. The topological polar surface area (TPSA) is 109 Å². The number of aromatic nitrogens is 1. The van der Waals surface area contributed by atoms with Crippen molar-refractivity contribution in [1.29, 1.82) is 0 Å². The second kappa shape index (κ2) is 9.85. The van der Waals surface area contributed by atoms with E-state index in [1.165, 1.54) is 12.8 Å². The van der Waals surface area contributed by atoms with Crippen LogP contribution < -0.4 is 5.32 Å². The lowest BCUT2D eigenvalue weighted by atomic mass is 9.71. The van der Waals surface area contributed by atoms with Crippen molar-refractivity contribution >= 4 is 17.8 Å². The number of carboxylic acid groups (broad SMARTS) is 1. The van der Waals surface area contributed by atoms with Gasteiger partial charge >= 0.3 is 12.1 Å². The minimum atomic E-state index is -5.08. The number of nitrogens with one attached hydrogen (secondary N) is 1. The van der Waals surface area contributed by atoms with E-state index in [1.807, 2.05) is 11.0 Å². The molecular weight excluding hydrogens is 431 g/mol. The molecule has 0 bridgehead atoms.